The molecular weight excluding hydrogens is 344 g/mol. The molecule has 1 aromatic rings. The van der Waals surface area contributed by atoms with Crippen LogP contribution in [0.2, 0.25) is 0 Å². The first-order valence-electron chi connectivity index (χ1n) is 9.96. The molecule has 0 spiro atoms. The van der Waals surface area contributed by atoms with E-state index in [0.717, 1.165) is 18.3 Å². The summed E-state index contributed by atoms with van der Waals surface area (Å²) in [5, 5.41) is 0. The molecule has 2 aliphatic heterocycles. The minimum Gasteiger partial charge on any atom is -0.355 e. The Morgan fingerprint density at radius 2 is 1.93 bits per heavy atom. The maximum Gasteiger partial charge on any atom is 0.252 e. The number of likely N-dealkylation sites (tertiary alicyclic amines) is 1. The van der Waals surface area contributed by atoms with Crippen LogP contribution in [-0.2, 0) is 20.9 Å². The largest absolute Gasteiger partial charge is 0.355 e. The normalized spacial score (nSPS) is 29.5. The standard InChI is InChI=1S/C20H30N4O3/c1-20(2)12-24(16(20)17-21-9-10-23(17)11-13-5-6-13)19(26)15-8-7-14(27-15)18(25)22(3)4/h9-10,13-16H,5-8,11-12H2,1-4H3/t14-,15+,16?/m0/s1. The molecule has 2 saturated heterocycles. The number of carbonyl (C=O) groups is 2. The van der Waals surface area contributed by atoms with Crippen LogP contribution in [0.25, 0.3) is 0 Å². The number of hydrogen-bond donors (Lipinski definition) is 0. The smallest absolute Gasteiger partial charge is 0.252 e. The summed E-state index contributed by atoms with van der Waals surface area (Å²) in [5.41, 5.74) is -0.0141. The van der Waals surface area contributed by atoms with Gasteiger partial charge in [-0.25, -0.2) is 4.98 Å². The van der Waals surface area contributed by atoms with Gasteiger partial charge in [-0.05, 0) is 31.6 Å². The first-order chi connectivity index (χ1) is 12.8. The molecule has 1 saturated carbocycles. The van der Waals surface area contributed by atoms with Crippen molar-refractivity contribution < 1.29 is 14.3 Å². The number of rotatable bonds is 5. The monoisotopic (exact) mass is 374 g/mol. The van der Waals surface area contributed by atoms with Crippen LogP contribution >= 0.6 is 0 Å². The topological polar surface area (TPSA) is 67.7 Å². The van der Waals surface area contributed by atoms with Crippen LogP contribution in [0.15, 0.2) is 12.4 Å². The average Bonchev–Trinajstić information content (AvgIpc) is 3.10. The van der Waals surface area contributed by atoms with Crippen molar-refractivity contribution in [3.8, 4) is 0 Å². The average molecular weight is 374 g/mol. The molecule has 4 rings (SSSR count). The number of nitrogens with zero attached hydrogens (tertiary/aromatic N) is 4. The third-order valence-corrected chi connectivity index (χ3v) is 6.07. The number of hydrogen-bond acceptors (Lipinski definition) is 4. The fourth-order valence-electron chi connectivity index (χ4n) is 4.40. The summed E-state index contributed by atoms with van der Waals surface area (Å²) in [6.45, 7) is 6.05. The lowest BCUT2D eigenvalue weighted by atomic mass is 9.74. The van der Waals surface area contributed by atoms with Gasteiger partial charge in [0.2, 0.25) is 0 Å². The maximum absolute atomic E-state index is 13.1. The van der Waals surface area contributed by atoms with Crippen LogP contribution in [0.1, 0.15) is 51.4 Å². The first-order valence-corrected chi connectivity index (χ1v) is 9.96. The third-order valence-electron chi connectivity index (χ3n) is 6.07. The molecule has 27 heavy (non-hydrogen) atoms. The predicted octanol–water partition coefficient (Wildman–Crippen LogP) is 1.84. The first kappa shape index (κ1) is 18.5. The zero-order valence-corrected chi connectivity index (χ0v) is 16.7. The van der Waals surface area contributed by atoms with Gasteiger partial charge in [-0.2, -0.15) is 0 Å². The highest BCUT2D eigenvalue weighted by Gasteiger charge is 2.53. The van der Waals surface area contributed by atoms with Gasteiger partial charge in [0.25, 0.3) is 11.8 Å². The second-order valence-electron chi connectivity index (χ2n) is 9.16. The minimum atomic E-state index is -0.524. The van der Waals surface area contributed by atoms with Crippen LogP contribution in [-0.4, -0.2) is 64.0 Å². The molecular formula is C20H30N4O3. The Morgan fingerprint density at radius 3 is 2.56 bits per heavy atom. The van der Waals surface area contributed by atoms with E-state index in [1.807, 2.05) is 17.3 Å². The summed E-state index contributed by atoms with van der Waals surface area (Å²) in [4.78, 5) is 33.3. The van der Waals surface area contributed by atoms with Gasteiger partial charge in [-0.1, -0.05) is 13.8 Å². The number of imidazole rings is 1. The van der Waals surface area contributed by atoms with E-state index < -0.39 is 12.2 Å². The van der Waals surface area contributed by atoms with Gasteiger partial charge < -0.3 is 19.1 Å². The second kappa shape index (κ2) is 6.62. The highest BCUT2D eigenvalue weighted by molar-refractivity contribution is 5.85. The molecule has 0 aromatic carbocycles. The Hall–Kier alpha value is -1.89. The Labute approximate surface area is 160 Å². The molecule has 3 fully saturated rings. The maximum atomic E-state index is 13.1. The van der Waals surface area contributed by atoms with Gasteiger partial charge in [0.1, 0.15) is 18.0 Å². The highest BCUT2D eigenvalue weighted by atomic mass is 16.5. The lowest BCUT2D eigenvalue weighted by molar-refractivity contribution is -0.166. The molecule has 1 aliphatic carbocycles. The zero-order valence-electron chi connectivity index (χ0n) is 16.7. The van der Waals surface area contributed by atoms with Gasteiger partial charge in [-0.15, -0.1) is 0 Å². The summed E-state index contributed by atoms with van der Waals surface area (Å²) < 4.78 is 8.05. The lowest BCUT2D eigenvalue weighted by Gasteiger charge is -2.54. The van der Waals surface area contributed by atoms with E-state index in [4.69, 9.17) is 4.74 Å². The van der Waals surface area contributed by atoms with E-state index >= 15 is 0 Å². The molecule has 2 amide bonds. The van der Waals surface area contributed by atoms with Crippen molar-refractivity contribution in [1.82, 2.24) is 19.4 Å². The number of amides is 2. The van der Waals surface area contributed by atoms with E-state index in [1.165, 1.54) is 17.7 Å². The molecule has 148 valence electrons. The number of ether oxygens (including phenoxy) is 1. The van der Waals surface area contributed by atoms with E-state index in [2.05, 4.69) is 23.4 Å². The second-order valence-corrected chi connectivity index (χ2v) is 9.16. The lowest BCUT2D eigenvalue weighted by Crippen LogP contribution is -2.60. The quantitative estimate of drug-likeness (QED) is 0.789. The van der Waals surface area contributed by atoms with E-state index in [9.17, 15) is 9.59 Å². The van der Waals surface area contributed by atoms with Crippen LogP contribution < -0.4 is 0 Å². The Bertz CT molecular complexity index is 737. The number of aromatic nitrogens is 2. The van der Waals surface area contributed by atoms with Crippen molar-refractivity contribution in [3.63, 3.8) is 0 Å². The van der Waals surface area contributed by atoms with Crippen molar-refractivity contribution >= 4 is 11.8 Å². The molecule has 3 atom stereocenters. The highest BCUT2D eigenvalue weighted by Crippen LogP contribution is 2.49. The Kier molecular flexibility index (Phi) is 4.53. The fourth-order valence-corrected chi connectivity index (χ4v) is 4.40. The summed E-state index contributed by atoms with van der Waals surface area (Å²) >= 11 is 0. The van der Waals surface area contributed by atoms with Crippen LogP contribution in [0.5, 0.6) is 0 Å². The van der Waals surface area contributed by atoms with Gasteiger partial charge in [0.15, 0.2) is 0 Å². The molecule has 0 bridgehead atoms. The Morgan fingerprint density at radius 1 is 1.22 bits per heavy atom. The number of carbonyl (C=O) groups excluding carboxylic acids is 2. The van der Waals surface area contributed by atoms with Crippen molar-refractivity contribution in [3.05, 3.63) is 18.2 Å². The van der Waals surface area contributed by atoms with Gasteiger partial charge >= 0.3 is 0 Å². The van der Waals surface area contributed by atoms with Gasteiger partial charge in [0.05, 0.1) is 6.04 Å². The van der Waals surface area contributed by atoms with Crippen molar-refractivity contribution in [2.24, 2.45) is 11.3 Å². The summed E-state index contributed by atoms with van der Waals surface area (Å²) in [5.74, 6) is 1.66. The van der Waals surface area contributed by atoms with Crippen molar-refractivity contribution in [2.45, 2.75) is 64.3 Å². The van der Waals surface area contributed by atoms with E-state index in [-0.39, 0.29) is 23.3 Å². The predicted molar refractivity (Wildman–Crippen MR) is 99.8 cm³/mol. The Balaban J connectivity index is 1.48. The zero-order chi connectivity index (χ0) is 19.3. The molecule has 7 nitrogen and oxygen atoms in total. The van der Waals surface area contributed by atoms with E-state index in [1.54, 1.807) is 14.1 Å². The van der Waals surface area contributed by atoms with Gasteiger partial charge in [0, 0.05) is 45.0 Å². The SMILES string of the molecule is CN(C)C(=O)[C@@H]1CC[C@H](C(=O)N2CC(C)(C)C2c2nccn2CC2CC2)O1. The molecule has 7 heteroatoms. The molecule has 0 N–H and O–H groups in total. The third kappa shape index (κ3) is 3.37. The fraction of sp³-hybridized carbons (Fsp3) is 0.750. The summed E-state index contributed by atoms with van der Waals surface area (Å²) in [7, 11) is 3.43. The van der Waals surface area contributed by atoms with Crippen molar-refractivity contribution in [1.29, 1.82) is 0 Å². The van der Waals surface area contributed by atoms with Crippen molar-refractivity contribution in [2.75, 3.05) is 20.6 Å². The van der Waals surface area contributed by atoms with Crippen LogP contribution in [0.3, 0.4) is 0 Å². The molecule has 3 aliphatic rings. The van der Waals surface area contributed by atoms with Crippen LogP contribution in [0, 0.1) is 11.3 Å². The molecule has 0 radical (unpaired) electrons. The number of likely N-dealkylation sites (N-methyl/N-ethyl adjacent to an activating group) is 1. The summed E-state index contributed by atoms with van der Waals surface area (Å²) in [6, 6.07) is -0.0362. The molecule has 1 unspecified atom stereocenters. The van der Waals surface area contributed by atoms with Gasteiger partial charge in [-0.3, -0.25) is 9.59 Å². The molecule has 3 heterocycles. The minimum absolute atomic E-state index is 0.00523. The van der Waals surface area contributed by atoms with Crippen LogP contribution in [0.4, 0.5) is 0 Å². The summed E-state index contributed by atoms with van der Waals surface area (Å²) in [6.07, 6.45) is 6.61. The molecule has 1 aromatic heterocycles. The van der Waals surface area contributed by atoms with E-state index in [0.29, 0.717) is 19.4 Å².